The zero-order valence-electron chi connectivity index (χ0n) is 10.0. The second kappa shape index (κ2) is 5.65. The fourth-order valence-electron chi connectivity index (χ4n) is 1.76. The zero-order valence-corrected chi connectivity index (χ0v) is 10.8. The van der Waals surface area contributed by atoms with Crippen LogP contribution >= 0.6 is 11.6 Å². The maximum atomic E-state index is 10.7. The van der Waals surface area contributed by atoms with E-state index < -0.39 is 0 Å². The number of nitrogens with zero attached hydrogens (tertiary/aromatic N) is 2. The molecule has 0 aliphatic heterocycles. The largest absolute Gasteiger partial charge is 0.369 e. The smallest absolute Gasteiger partial charge is 0.150 e. The Bertz CT molecular complexity index is 543. The number of aldehydes is 1. The minimum atomic E-state index is 0.575. The molecule has 2 aromatic rings. The van der Waals surface area contributed by atoms with Gasteiger partial charge in [-0.15, -0.1) is 0 Å². The minimum absolute atomic E-state index is 0.575. The van der Waals surface area contributed by atoms with Crippen LogP contribution in [0.2, 0.25) is 5.02 Å². The molecule has 3 nitrogen and oxygen atoms in total. The normalized spacial score (nSPS) is 10.1. The van der Waals surface area contributed by atoms with Gasteiger partial charge >= 0.3 is 0 Å². The molecule has 0 bridgehead atoms. The Balaban J connectivity index is 2.19. The van der Waals surface area contributed by atoms with Gasteiger partial charge in [-0.05, 0) is 29.8 Å². The van der Waals surface area contributed by atoms with Crippen LogP contribution in [-0.4, -0.2) is 18.3 Å². The monoisotopic (exact) mass is 260 g/mol. The summed E-state index contributed by atoms with van der Waals surface area (Å²) in [6, 6.07) is 9.19. The molecule has 92 valence electrons. The number of benzene rings is 1. The summed E-state index contributed by atoms with van der Waals surface area (Å²) < 4.78 is 0. The summed E-state index contributed by atoms with van der Waals surface area (Å²) in [5.74, 6) is 0. The highest BCUT2D eigenvalue weighted by Gasteiger charge is 2.07. The highest BCUT2D eigenvalue weighted by atomic mass is 35.5. The van der Waals surface area contributed by atoms with Crippen molar-refractivity contribution in [3.63, 3.8) is 0 Å². The van der Waals surface area contributed by atoms with Gasteiger partial charge in [-0.2, -0.15) is 0 Å². The van der Waals surface area contributed by atoms with E-state index in [1.807, 2.05) is 36.3 Å². The Morgan fingerprint density at radius 2 is 2.22 bits per heavy atom. The average molecular weight is 261 g/mol. The number of aromatic nitrogens is 1. The Kier molecular flexibility index (Phi) is 3.95. The van der Waals surface area contributed by atoms with Crippen LogP contribution in [0.1, 0.15) is 15.9 Å². The molecule has 0 saturated heterocycles. The highest BCUT2D eigenvalue weighted by molar-refractivity contribution is 6.33. The van der Waals surface area contributed by atoms with E-state index in [9.17, 15) is 4.79 Å². The number of carbonyl (C=O) groups excluding carboxylic acids is 1. The fourth-order valence-corrected chi connectivity index (χ4v) is 2.09. The van der Waals surface area contributed by atoms with Gasteiger partial charge in [0, 0.05) is 31.5 Å². The van der Waals surface area contributed by atoms with E-state index in [1.165, 1.54) is 0 Å². The number of anilines is 1. The van der Waals surface area contributed by atoms with Crippen molar-refractivity contribution in [2.24, 2.45) is 0 Å². The van der Waals surface area contributed by atoms with Gasteiger partial charge in [0.2, 0.25) is 0 Å². The van der Waals surface area contributed by atoms with Crippen LogP contribution < -0.4 is 4.90 Å². The van der Waals surface area contributed by atoms with Crippen LogP contribution in [-0.2, 0) is 6.54 Å². The number of hydrogen-bond donors (Lipinski definition) is 0. The van der Waals surface area contributed by atoms with Crippen molar-refractivity contribution < 1.29 is 4.79 Å². The maximum Gasteiger partial charge on any atom is 0.150 e. The van der Waals surface area contributed by atoms with Crippen molar-refractivity contribution in [3.8, 4) is 0 Å². The highest BCUT2D eigenvalue weighted by Crippen LogP contribution is 2.26. The lowest BCUT2D eigenvalue weighted by molar-refractivity contribution is 0.112. The summed E-state index contributed by atoms with van der Waals surface area (Å²) in [4.78, 5) is 16.7. The van der Waals surface area contributed by atoms with Crippen LogP contribution in [0.4, 0.5) is 5.69 Å². The molecule has 18 heavy (non-hydrogen) atoms. The summed E-state index contributed by atoms with van der Waals surface area (Å²) in [5.41, 5.74) is 2.58. The van der Waals surface area contributed by atoms with Crippen molar-refractivity contribution in [2.75, 3.05) is 11.9 Å². The number of halogens is 1. The fraction of sp³-hybridized carbons (Fsp3) is 0.143. The van der Waals surface area contributed by atoms with E-state index in [0.717, 1.165) is 17.5 Å². The quantitative estimate of drug-likeness (QED) is 0.792. The summed E-state index contributed by atoms with van der Waals surface area (Å²) in [6.07, 6.45) is 4.36. The number of rotatable bonds is 4. The first-order valence-electron chi connectivity index (χ1n) is 5.55. The lowest BCUT2D eigenvalue weighted by Gasteiger charge is -2.20. The Labute approximate surface area is 111 Å². The van der Waals surface area contributed by atoms with Crippen molar-refractivity contribution >= 4 is 23.6 Å². The minimum Gasteiger partial charge on any atom is -0.369 e. The Morgan fingerprint density at radius 1 is 1.39 bits per heavy atom. The third-order valence-corrected chi connectivity index (χ3v) is 2.96. The van der Waals surface area contributed by atoms with Gasteiger partial charge in [-0.1, -0.05) is 17.7 Å². The Morgan fingerprint density at radius 3 is 2.83 bits per heavy atom. The van der Waals surface area contributed by atoms with E-state index in [-0.39, 0.29) is 0 Å². The van der Waals surface area contributed by atoms with Crippen LogP contribution in [0.15, 0.2) is 42.7 Å². The molecule has 4 heteroatoms. The molecule has 0 atom stereocenters. The molecule has 0 fully saturated rings. The maximum absolute atomic E-state index is 10.7. The van der Waals surface area contributed by atoms with Crippen molar-refractivity contribution in [1.29, 1.82) is 0 Å². The van der Waals surface area contributed by atoms with Crippen molar-refractivity contribution in [2.45, 2.75) is 6.54 Å². The second-order valence-corrected chi connectivity index (χ2v) is 4.45. The van der Waals surface area contributed by atoms with Gasteiger partial charge in [0.05, 0.1) is 10.7 Å². The lowest BCUT2D eigenvalue weighted by Crippen LogP contribution is -2.16. The van der Waals surface area contributed by atoms with Crippen LogP contribution in [0, 0.1) is 0 Å². The van der Waals surface area contributed by atoms with E-state index in [4.69, 9.17) is 11.6 Å². The number of carbonyl (C=O) groups is 1. The van der Waals surface area contributed by atoms with Gasteiger partial charge < -0.3 is 4.90 Å². The molecule has 0 aliphatic rings. The van der Waals surface area contributed by atoms with Gasteiger partial charge in [-0.3, -0.25) is 9.78 Å². The molecule has 0 N–H and O–H groups in total. The SMILES string of the molecule is CN(Cc1cccnc1)c1ccc(C=O)cc1Cl. The first kappa shape index (κ1) is 12.6. The molecule has 2 rings (SSSR count). The van der Waals surface area contributed by atoms with E-state index >= 15 is 0 Å². The van der Waals surface area contributed by atoms with Gasteiger partial charge in [0.15, 0.2) is 0 Å². The van der Waals surface area contributed by atoms with E-state index in [0.29, 0.717) is 17.1 Å². The number of hydrogen-bond acceptors (Lipinski definition) is 3. The van der Waals surface area contributed by atoms with E-state index in [2.05, 4.69) is 4.98 Å². The van der Waals surface area contributed by atoms with Crippen molar-refractivity contribution in [1.82, 2.24) is 4.98 Å². The molecular weight excluding hydrogens is 248 g/mol. The zero-order chi connectivity index (χ0) is 13.0. The van der Waals surface area contributed by atoms with Crippen LogP contribution in [0.3, 0.4) is 0 Å². The Hall–Kier alpha value is -1.87. The molecule has 1 heterocycles. The summed E-state index contributed by atoms with van der Waals surface area (Å²) >= 11 is 6.15. The van der Waals surface area contributed by atoms with Gasteiger partial charge in [-0.25, -0.2) is 0 Å². The molecule has 0 unspecified atom stereocenters. The average Bonchev–Trinajstić information content (AvgIpc) is 2.39. The molecular formula is C14H13ClN2O. The predicted molar refractivity (Wildman–Crippen MR) is 73.2 cm³/mol. The molecule has 0 amide bonds. The third kappa shape index (κ3) is 2.87. The van der Waals surface area contributed by atoms with Gasteiger partial charge in [0.25, 0.3) is 0 Å². The molecule has 1 aromatic carbocycles. The van der Waals surface area contributed by atoms with Crippen LogP contribution in [0.25, 0.3) is 0 Å². The van der Waals surface area contributed by atoms with Crippen molar-refractivity contribution in [3.05, 3.63) is 58.9 Å². The summed E-state index contributed by atoms with van der Waals surface area (Å²) in [7, 11) is 1.95. The lowest BCUT2D eigenvalue weighted by atomic mass is 10.2. The molecule has 0 radical (unpaired) electrons. The standard InChI is InChI=1S/C14H13ClN2O/c1-17(9-12-3-2-6-16-8-12)14-5-4-11(10-18)7-13(14)15/h2-8,10H,9H2,1H3. The summed E-state index contributed by atoms with van der Waals surface area (Å²) in [5, 5.41) is 0.575. The number of pyridine rings is 1. The summed E-state index contributed by atoms with van der Waals surface area (Å²) in [6.45, 7) is 0.716. The third-order valence-electron chi connectivity index (χ3n) is 2.66. The second-order valence-electron chi connectivity index (χ2n) is 4.05. The first-order chi connectivity index (χ1) is 8.70. The predicted octanol–water partition coefficient (Wildman–Crippen LogP) is 3.18. The van der Waals surface area contributed by atoms with Crippen LogP contribution in [0.5, 0.6) is 0 Å². The molecule has 1 aromatic heterocycles. The first-order valence-corrected chi connectivity index (χ1v) is 5.93. The molecule has 0 saturated carbocycles. The van der Waals surface area contributed by atoms with Gasteiger partial charge in [0.1, 0.15) is 6.29 Å². The molecule has 0 spiro atoms. The topological polar surface area (TPSA) is 33.2 Å². The van der Waals surface area contributed by atoms with E-state index in [1.54, 1.807) is 18.3 Å². The molecule has 0 aliphatic carbocycles.